The summed E-state index contributed by atoms with van der Waals surface area (Å²) in [5.41, 5.74) is 9.43. The van der Waals surface area contributed by atoms with Gasteiger partial charge in [0.2, 0.25) is 0 Å². The average Bonchev–Trinajstić information content (AvgIpc) is 2.11. The zero-order valence-electron chi connectivity index (χ0n) is 6.73. The van der Waals surface area contributed by atoms with Crippen LogP contribution in [0.5, 0.6) is 0 Å². The fourth-order valence-electron chi connectivity index (χ4n) is 1.37. The van der Waals surface area contributed by atoms with Crippen molar-refractivity contribution in [3.63, 3.8) is 0 Å². The molecule has 10 heavy (non-hydrogen) atoms. The van der Waals surface area contributed by atoms with E-state index < -0.39 is 0 Å². The summed E-state index contributed by atoms with van der Waals surface area (Å²) < 4.78 is 0. The Morgan fingerprint density at radius 1 is 1.50 bits per heavy atom. The van der Waals surface area contributed by atoms with Crippen LogP contribution in [-0.2, 0) is 0 Å². The third kappa shape index (κ3) is 1.07. The molecule has 1 rings (SSSR count). The summed E-state index contributed by atoms with van der Waals surface area (Å²) in [7, 11) is 0. The fourth-order valence-corrected chi connectivity index (χ4v) is 1.37. The number of hydrogen-bond donors (Lipinski definition) is 2. The molecule has 1 aromatic heterocycles. The van der Waals surface area contributed by atoms with Crippen molar-refractivity contribution in [2.24, 2.45) is 5.73 Å². The number of nitrogens with one attached hydrogen (secondary N) is 1. The first-order chi connectivity index (χ1) is 4.63. The van der Waals surface area contributed by atoms with Crippen molar-refractivity contribution in [2.75, 3.05) is 0 Å². The second-order valence-electron chi connectivity index (χ2n) is 2.80. The van der Waals surface area contributed by atoms with Crippen LogP contribution in [-0.4, -0.2) is 4.98 Å². The first kappa shape index (κ1) is 7.35. The van der Waals surface area contributed by atoms with Crippen LogP contribution in [0.4, 0.5) is 0 Å². The Balaban J connectivity index is 3.10. The van der Waals surface area contributed by atoms with Gasteiger partial charge < -0.3 is 10.7 Å². The minimum Gasteiger partial charge on any atom is -0.365 e. The maximum atomic E-state index is 5.74. The summed E-state index contributed by atoms with van der Waals surface area (Å²) in [5, 5.41) is 0. The number of nitrogens with two attached hydrogens (primary N) is 1. The van der Waals surface area contributed by atoms with Crippen molar-refractivity contribution in [3.8, 4) is 0 Å². The quantitative estimate of drug-likeness (QED) is 0.608. The van der Waals surface area contributed by atoms with Gasteiger partial charge in [-0.25, -0.2) is 0 Å². The van der Waals surface area contributed by atoms with Gasteiger partial charge in [-0.15, -0.1) is 0 Å². The van der Waals surface area contributed by atoms with E-state index in [1.54, 1.807) is 0 Å². The number of hydrogen-bond acceptors (Lipinski definition) is 1. The summed E-state index contributed by atoms with van der Waals surface area (Å²) in [6.45, 7) is 6.12. The van der Waals surface area contributed by atoms with Crippen molar-refractivity contribution in [3.05, 3.63) is 23.0 Å². The van der Waals surface area contributed by atoms with Crippen LogP contribution < -0.4 is 5.73 Å². The topological polar surface area (TPSA) is 41.8 Å². The maximum Gasteiger partial charge on any atom is 0.0286 e. The predicted molar refractivity (Wildman–Crippen MR) is 42.9 cm³/mol. The molecule has 2 nitrogen and oxygen atoms in total. The summed E-state index contributed by atoms with van der Waals surface area (Å²) in [6, 6.07) is 0.145. The molecule has 1 atom stereocenters. The van der Waals surface area contributed by atoms with E-state index in [1.807, 2.05) is 20.0 Å². The molecule has 56 valence electrons. The largest absolute Gasteiger partial charge is 0.365 e. The van der Waals surface area contributed by atoms with E-state index in [-0.39, 0.29) is 6.04 Å². The summed E-state index contributed by atoms with van der Waals surface area (Å²) >= 11 is 0. The first-order valence-electron chi connectivity index (χ1n) is 3.53. The SMILES string of the molecule is Cc1c[nH]c(C)c1[C@@H](C)N. The van der Waals surface area contributed by atoms with Gasteiger partial charge in [-0.1, -0.05) is 0 Å². The van der Waals surface area contributed by atoms with Gasteiger partial charge in [0.1, 0.15) is 0 Å². The lowest BCUT2D eigenvalue weighted by Gasteiger charge is -2.04. The molecule has 0 aliphatic rings. The Morgan fingerprint density at radius 3 is 2.30 bits per heavy atom. The molecule has 0 spiro atoms. The number of H-pyrrole nitrogens is 1. The van der Waals surface area contributed by atoms with E-state index in [0.717, 1.165) is 0 Å². The average molecular weight is 138 g/mol. The molecule has 0 unspecified atom stereocenters. The van der Waals surface area contributed by atoms with Crippen LogP contribution in [0.3, 0.4) is 0 Å². The Morgan fingerprint density at radius 2 is 2.10 bits per heavy atom. The fraction of sp³-hybridized carbons (Fsp3) is 0.500. The highest BCUT2D eigenvalue weighted by Gasteiger charge is 2.07. The maximum absolute atomic E-state index is 5.74. The Labute approximate surface area is 61.4 Å². The molecular formula is C8H14N2. The zero-order chi connectivity index (χ0) is 7.72. The molecule has 0 saturated carbocycles. The molecule has 0 radical (unpaired) electrons. The lowest BCUT2D eigenvalue weighted by Crippen LogP contribution is -2.06. The Hall–Kier alpha value is -0.760. The van der Waals surface area contributed by atoms with E-state index >= 15 is 0 Å². The van der Waals surface area contributed by atoms with Gasteiger partial charge in [-0.3, -0.25) is 0 Å². The third-order valence-electron chi connectivity index (χ3n) is 1.79. The van der Waals surface area contributed by atoms with E-state index in [4.69, 9.17) is 5.73 Å². The standard InChI is InChI=1S/C8H14N2/c1-5-4-10-7(3)8(5)6(2)9/h4,6,10H,9H2,1-3H3/t6-/m1/s1. The first-order valence-corrected chi connectivity index (χ1v) is 3.53. The number of aromatic nitrogens is 1. The molecule has 1 aromatic rings. The molecule has 0 aliphatic heterocycles. The summed E-state index contributed by atoms with van der Waals surface area (Å²) in [6.07, 6.45) is 1.99. The van der Waals surface area contributed by atoms with Gasteiger partial charge in [-0.05, 0) is 31.9 Å². The van der Waals surface area contributed by atoms with Gasteiger partial charge in [0.15, 0.2) is 0 Å². The van der Waals surface area contributed by atoms with Crippen LogP contribution >= 0.6 is 0 Å². The van der Waals surface area contributed by atoms with Gasteiger partial charge in [0.25, 0.3) is 0 Å². The number of aryl methyl sites for hydroxylation is 2. The van der Waals surface area contributed by atoms with E-state index in [9.17, 15) is 0 Å². The Bertz CT molecular complexity index is 204. The molecule has 2 heteroatoms. The molecule has 0 bridgehead atoms. The molecule has 3 N–H and O–H groups in total. The van der Waals surface area contributed by atoms with Crippen LogP contribution in [0.1, 0.15) is 29.8 Å². The third-order valence-corrected chi connectivity index (χ3v) is 1.79. The second-order valence-corrected chi connectivity index (χ2v) is 2.80. The highest BCUT2D eigenvalue weighted by molar-refractivity contribution is 5.31. The van der Waals surface area contributed by atoms with Crippen LogP contribution in [0.25, 0.3) is 0 Å². The van der Waals surface area contributed by atoms with Crippen LogP contribution in [0.15, 0.2) is 6.20 Å². The highest BCUT2D eigenvalue weighted by atomic mass is 14.7. The number of aromatic amines is 1. The smallest absolute Gasteiger partial charge is 0.0286 e. The predicted octanol–water partition coefficient (Wildman–Crippen LogP) is 1.65. The minimum atomic E-state index is 0.145. The molecule has 0 amide bonds. The van der Waals surface area contributed by atoms with Gasteiger partial charge in [-0.2, -0.15) is 0 Å². The lowest BCUT2D eigenvalue weighted by molar-refractivity contribution is 0.804. The minimum absolute atomic E-state index is 0.145. The zero-order valence-corrected chi connectivity index (χ0v) is 6.73. The van der Waals surface area contributed by atoms with E-state index in [2.05, 4.69) is 11.9 Å². The van der Waals surface area contributed by atoms with Gasteiger partial charge in [0.05, 0.1) is 0 Å². The van der Waals surface area contributed by atoms with Crippen molar-refractivity contribution in [1.29, 1.82) is 0 Å². The van der Waals surface area contributed by atoms with Crippen molar-refractivity contribution in [2.45, 2.75) is 26.8 Å². The van der Waals surface area contributed by atoms with Crippen LogP contribution in [0, 0.1) is 13.8 Å². The monoisotopic (exact) mass is 138 g/mol. The number of rotatable bonds is 1. The van der Waals surface area contributed by atoms with Crippen molar-refractivity contribution in [1.82, 2.24) is 4.98 Å². The molecule has 0 aliphatic carbocycles. The molecule has 0 saturated heterocycles. The van der Waals surface area contributed by atoms with Crippen LogP contribution in [0.2, 0.25) is 0 Å². The van der Waals surface area contributed by atoms with Crippen molar-refractivity contribution >= 4 is 0 Å². The van der Waals surface area contributed by atoms with Crippen molar-refractivity contribution < 1.29 is 0 Å². The summed E-state index contributed by atoms with van der Waals surface area (Å²) in [4.78, 5) is 3.14. The molecule has 0 aromatic carbocycles. The van der Waals surface area contributed by atoms with Gasteiger partial charge in [0, 0.05) is 17.9 Å². The lowest BCUT2D eigenvalue weighted by atomic mass is 10.1. The molecule has 0 fully saturated rings. The second kappa shape index (κ2) is 2.46. The Kier molecular flexibility index (Phi) is 1.81. The van der Waals surface area contributed by atoms with E-state index in [1.165, 1.54) is 16.8 Å². The highest BCUT2D eigenvalue weighted by Crippen LogP contribution is 2.18. The van der Waals surface area contributed by atoms with Gasteiger partial charge >= 0.3 is 0 Å². The normalized spacial score (nSPS) is 13.6. The van der Waals surface area contributed by atoms with E-state index in [0.29, 0.717) is 0 Å². The molecular weight excluding hydrogens is 124 g/mol. The summed E-state index contributed by atoms with van der Waals surface area (Å²) in [5.74, 6) is 0. The molecule has 1 heterocycles.